The van der Waals surface area contributed by atoms with Gasteiger partial charge in [0.25, 0.3) is 5.91 Å². The monoisotopic (exact) mass is 218 g/mol. The second-order valence-electron chi connectivity index (χ2n) is 3.49. The van der Waals surface area contributed by atoms with Gasteiger partial charge in [0.05, 0.1) is 12.6 Å². The highest BCUT2D eigenvalue weighted by Gasteiger charge is 2.16. The van der Waals surface area contributed by atoms with Crippen LogP contribution in [0.1, 0.15) is 27.2 Å². The molecule has 0 bridgehead atoms. The zero-order valence-electron chi connectivity index (χ0n) is 9.28. The average Bonchev–Trinajstić information content (AvgIpc) is 2.13. The van der Waals surface area contributed by atoms with Crippen molar-refractivity contribution in [2.24, 2.45) is 11.7 Å². The number of amides is 1. The predicted octanol–water partition coefficient (Wildman–Crippen LogP) is 0.564. The first-order valence-corrected chi connectivity index (χ1v) is 4.86. The minimum atomic E-state index is -0.942. The van der Waals surface area contributed by atoms with Crippen LogP contribution in [0.15, 0.2) is 0 Å². The Kier molecular flexibility index (Phi) is 6.44. The summed E-state index contributed by atoms with van der Waals surface area (Å²) >= 11 is 0. The van der Waals surface area contributed by atoms with Crippen LogP contribution in [0, 0.1) is 5.92 Å². The van der Waals surface area contributed by atoms with Crippen LogP contribution in [0.3, 0.4) is 0 Å². The third-order valence-corrected chi connectivity index (χ3v) is 1.56. The van der Waals surface area contributed by atoms with Gasteiger partial charge in [-0.15, -0.1) is 0 Å². The van der Waals surface area contributed by atoms with E-state index < -0.39 is 18.1 Å². The molecular formula is C9H18N2O4. The van der Waals surface area contributed by atoms with E-state index in [-0.39, 0.29) is 6.61 Å². The first-order valence-electron chi connectivity index (χ1n) is 4.86. The fraction of sp³-hybridized carbons (Fsp3) is 0.778. The number of hydrogen-bond donors (Lipinski definition) is 2. The van der Waals surface area contributed by atoms with E-state index in [4.69, 9.17) is 5.73 Å². The van der Waals surface area contributed by atoms with E-state index in [2.05, 4.69) is 9.57 Å². The van der Waals surface area contributed by atoms with Crippen molar-refractivity contribution in [1.82, 2.24) is 5.48 Å². The Labute approximate surface area is 89.1 Å². The molecule has 0 heterocycles. The molecule has 0 saturated heterocycles. The van der Waals surface area contributed by atoms with E-state index >= 15 is 0 Å². The van der Waals surface area contributed by atoms with E-state index in [1.54, 1.807) is 6.92 Å². The van der Waals surface area contributed by atoms with Crippen molar-refractivity contribution < 1.29 is 19.2 Å². The van der Waals surface area contributed by atoms with Crippen LogP contribution in [0.4, 0.5) is 4.79 Å². The lowest BCUT2D eigenvalue weighted by molar-refractivity contribution is -0.132. The van der Waals surface area contributed by atoms with E-state index in [0.717, 1.165) is 0 Å². The quantitative estimate of drug-likeness (QED) is 0.531. The second kappa shape index (κ2) is 7.05. The smallest absolute Gasteiger partial charge is 0.433 e. The molecule has 0 aliphatic carbocycles. The van der Waals surface area contributed by atoms with E-state index in [0.29, 0.717) is 12.3 Å². The summed E-state index contributed by atoms with van der Waals surface area (Å²) in [6.07, 6.45) is -0.416. The maximum absolute atomic E-state index is 11.2. The van der Waals surface area contributed by atoms with Gasteiger partial charge in [-0.25, -0.2) is 4.79 Å². The molecule has 6 nitrogen and oxygen atoms in total. The fourth-order valence-electron chi connectivity index (χ4n) is 0.930. The number of hydrogen-bond acceptors (Lipinski definition) is 5. The molecule has 0 aromatic carbocycles. The average molecular weight is 218 g/mol. The number of ether oxygens (including phenoxy) is 1. The Morgan fingerprint density at radius 3 is 2.47 bits per heavy atom. The van der Waals surface area contributed by atoms with Crippen LogP contribution in [0.2, 0.25) is 0 Å². The highest BCUT2D eigenvalue weighted by atomic mass is 16.8. The normalized spacial score (nSPS) is 12.1. The van der Waals surface area contributed by atoms with Gasteiger partial charge in [-0.3, -0.25) is 4.79 Å². The number of nitrogens with two attached hydrogens (primary N) is 1. The van der Waals surface area contributed by atoms with Gasteiger partial charge in [0.15, 0.2) is 0 Å². The number of carbonyl (C=O) groups is 2. The van der Waals surface area contributed by atoms with Gasteiger partial charge in [-0.2, -0.15) is 5.48 Å². The molecule has 0 radical (unpaired) electrons. The molecule has 0 aromatic rings. The van der Waals surface area contributed by atoms with E-state index in [9.17, 15) is 9.59 Å². The number of hydroxylamine groups is 1. The minimum Gasteiger partial charge on any atom is -0.433 e. The Balaban J connectivity index is 3.78. The Bertz CT molecular complexity index is 218. The SMILES string of the molecule is CCOC(=O)ONC(=O)C(N)CC(C)C. The van der Waals surface area contributed by atoms with Gasteiger partial charge in [-0.1, -0.05) is 13.8 Å². The van der Waals surface area contributed by atoms with Gasteiger partial charge in [0.1, 0.15) is 0 Å². The minimum absolute atomic E-state index is 0.187. The molecule has 0 aromatic heterocycles. The Morgan fingerprint density at radius 1 is 1.40 bits per heavy atom. The van der Waals surface area contributed by atoms with Crippen LogP contribution < -0.4 is 11.2 Å². The van der Waals surface area contributed by atoms with Crippen LogP contribution in [-0.4, -0.2) is 24.7 Å². The Hall–Kier alpha value is -1.30. The van der Waals surface area contributed by atoms with Crippen LogP contribution >= 0.6 is 0 Å². The van der Waals surface area contributed by atoms with Crippen molar-refractivity contribution in [2.75, 3.05) is 6.61 Å². The molecule has 0 saturated carbocycles. The fourth-order valence-corrected chi connectivity index (χ4v) is 0.930. The number of rotatable bonds is 4. The molecule has 6 heteroatoms. The zero-order chi connectivity index (χ0) is 11.8. The molecule has 0 aliphatic heterocycles. The highest BCUT2D eigenvalue weighted by molar-refractivity contribution is 5.81. The number of nitrogens with one attached hydrogen (secondary N) is 1. The third kappa shape index (κ3) is 6.73. The standard InChI is InChI=1S/C9H18N2O4/c1-4-14-9(13)15-11-8(12)7(10)5-6(2)3/h6-7H,4-5,10H2,1-3H3,(H,11,12). The molecule has 15 heavy (non-hydrogen) atoms. The van der Waals surface area contributed by atoms with Crippen LogP contribution in [0.25, 0.3) is 0 Å². The first kappa shape index (κ1) is 13.7. The lowest BCUT2D eigenvalue weighted by Gasteiger charge is -2.13. The molecule has 0 fully saturated rings. The van der Waals surface area contributed by atoms with Crippen molar-refractivity contribution in [3.63, 3.8) is 0 Å². The van der Waals surface area contributed by atoms with Gasteiger partial charge in [0.2, 0.25) is 0 Å². The molecule has 0 spiro atoms. The maximum atomic E-state index is 11.2. The van der Waals surface area contributed by atoms with Crippen LogP contribution in [0.5, 0.6) is 0 Å². The molecule has 1 unspecified atom stereocenters. The van der Waals surface area contributed by atoms with Crippen molar-refractivity contribution in [2.45, 2.75) is 33.2 Å². The summed E-state index contributed by atoms with van der Waals surface area (Å²) in [5.41, 5.74) is 7.47. The summed E-state index contributed by atoms with van der Waals surface area (Å²) in [5.74, 6) is -0.231. The summed E-state index contributed by atoms with van der Waals surface area (Å²) in [7, 11) is 0. The topological polar surface area (TPSA) is 90.6 Å². The summed E-state index contributed by atoms with van der Waals surface area (Å²) in [5, 5.41) is 0. The number of carbonyl (C=O) groups excluding carboxylic acids is 2. The van der Waals surface area contributed by atoms with Gasteiger partial charge >= 0.3 is 6.16 Å². The molecule has 0 rings (SSSR count). The molecule has 0 aliphatic rings. The lowest BCUT2D eigenvalue weighted by atomic mass is 10.0. The largest absolute Gasteiger partial charge is 0.533 e. The Morgan fingerprint density at radius 2 is 2.00 bits per heavy atom. The maximum Gasteiger partial charge on any atom is 0.533 e. The van der Waals surface area contributed by atoms with Gasteiger partial charge < -0.3 is 15.3 Å². The van der Waals surface area contributed by atoms with E-state index in [1.165, 1.54) is 0 Å². The summed E-state index contributed by atoms with van der Waals surface area (Å²) in [6.45, 7) is 5.71. The predicted molar refractivity (Wildman–Crippen MR) is 53.7 cm³/mol. The zero-order valence-corrected chi connectivity index (χ0v) is 9.28. The first-order chi connectivity index (χ1) is 6.97. The lowest BCUT2D eigenvalue weighted by Crippen LogP contribution is -2.42. The third-order valence-electron chi connectivity index (χ3n) is 1.56. The van der Waals surface area contributed by atoms with Crippen molar-refractivity contribution >= 4 is 12.1 Å². The molecule has 3 N–H and O–H groups in total. The molecule has 1 atom stereocenters. The van der Waals surface area contributed by atoms with E-state index in [1.807, 2.05) is 19.3 Å². The van der Waals surface area contributed by atoms with Gasteiger partial charge in [0, 0.05) is 0 Å². The van der Waals surface area contributed by atoms with Crippen molar-refractivity contribution in [1.29, 1.82) is 0 Å². The summed E-state index contributed by atoms with van der Waals surface area (Å²) in [6, 6.07) is -0.681. The van der Waals surface area contributed by atoms with Crippen LogP contribution in [-0.2, 0) is 14.4 Å². The molecule has 88 valence electrons. The molecular weight excluding hydrogens is 200 g/mol. The summed E-state index contributed by atoms with van der Waals surface area (Å²) < 4.78 is 4.44. The highest BCUT2D eigenvalue weighted by Crippen LogP contribution is 2.02. The second-order valence-corrected chi connectivity index (χ2v) is 3.49. The van der Waals surface area contributed by atoms with Crippen molar-refractivity contribution in [3.8, 4) is 0 Å². The summed E-state index contributed by atoms with van der Waals surface area (Å²) in [4.78, 5) is 26.2. The van der Waals surface area contributed by atoms with Gasteiger partial charge in [-0.05, 0) is 19.3 Å². The van der Waals surface area contributed by atoms with Crippen molar-refractivity contribution in [3.05, 3.63) is 0 Å². The molecule has 1 amide bonds.